The van der Waals surface area contributed by atoms with Crippen LogP contribution in [0.3, 0.4) is 0 Å². The summed E-state index contributed by atoms with van der Waals surface area (Å²) in [4.78, 5) is 2.27. The Morgan fingerprint density at radius 1 is 0.867 bits per heavy atom. The van der Waals surface area contributed by atoms with Crippen LogP contribution in [-0.4, -0.2) is 28.8 Å². The summed E-state index contributed by atoms with van der Waals surface area (Å²) in [6, 6.07) is 0.576. The molecule has 1 N–H and O–H groups in total. The minimum atomic E-state index is -0.233. The molecule has 0 aromatic rings. The predicted molar refractivity (Wildman–Crippen MR) is 66.9 cm³/mol. The predicted octanol–water partition coefficient (Wildman–Crippen LogP) is 3.40. The Balaban J connectivity index is 4.28. The maximum Gasteiger partial charge on any atom is 0.107 e. The highest BCUT2D eigenvalue weighted by atomic mass is 16.3. The average molecular weight is 215 g/mol. The van der Waals surface area contributed by atoms with Crippen molar-refractivity contribution in [3.05, 3.63) is 0 Å². The minimum absolute atomic E-state index is 0.233. The first-order chi connectivity index (χ1) is 7.21. The summed E-state index contributed by atoms with van der Waals surface area (Å²) in [5.41, 5.74) is 0. The molecule has 0 heterocycles. The third kappa shape index (κ3) is 5.53. The Kier molecular flexibility index (Phi) is 9.12. The molecule has 0 rings (SSSR count). The lowest BCUT2D eigenvalue weighted by atomic mass is 10.0. The standard InChI is InChI=1S/C13H29NO/c1-5-9-12(10-6-2)14(8-4)13(15)11-7-3/h12-13,15H,5-11H2,1-4H3. The molecule has 1 unspecified atom stereocenters. The van der Waals surface area contributed by atoms with E-state index in [1.807, 2.05) is 0 Å². The molecule has 0 fully saturated rings. The molecule has 92 valence electrons. The van der Waals surface area contributed by atoms with Gasteiger partial charge >= 0.3 is 0 Å². The number of hydrogen-bond donors (Lipinski definition) is 1. The summed E-state index contributed by atoms with van der Waals surface area (Å²) in [5.74, 6) is 0. The van der Waals surface area contributed by atoms with Gasteiger partial charge in [0.15, 0.2) is 0 Å². The van der Waals surface area contributed by atoms with E-state index in [0.717, 1.165) is 19.4 Å². The molecule has 2 heteroatoms. The fourth-order valence-corrected chi connectivity index (χ4v) is 2.28. The maximum absolute atomic E-state index is 10.1. The molecule has 0 amide bonds. The highest BCUT2D eigenvalue weighted by molar-refractivity contribution is 4.72. The second-order valence-corrected chi connectivity index (χ2v) is 4.33. The van der Waals surface area contributed by atoms with E-state index in [9.17, 15) is 5.11 Å². The van der Waals surface area contributed by atoms with Crippen molar-refractivity contribution in [2.24, 2.45) is 0 Å². The maximum atomic E-state index is 10.1. The van der Waals surface area contributed by atoms with Crippen molar-refractivity contribution in [3.8, 4) is 0 Å². The summed E-state index contributed by atoms with van der Waals surface area (Å²) in [6.07, 6.45) is 6.56. The molecular weight excluding hydrogens is 186 g/mol. The van der Waals surface area contributed by atoms with Crippen LogP contribution in [0.5, 0.6) is 0 Å². The van der Waals surface area contributed by atoms with Crippen LogP contribution in [-0.2, 0) is 0 Å². The van der Waals surface area contributed by atoms with Crippen LogP contribution in [0.2, 0.25) is 0 Å². The number of aliphatic hydroxyl groups is 1. The van der Waals surface area contributed by atoms with Crippen LogP contribution in [0.1, 0.15) is 66.2 Å². The van der Waals surface area contributed by atoms with Crippen molar-refractivity contribution < 1.29 is 5.11 Å². The summed E-state index contributed by atoms with van der Waals surface area (Å²) in [7, 11) is 0. The van der Waals surface area contributed by atoms with Gasteiger partial charge < -0.3 is 5.11 Å². The van der Waals surface area contributed by atoms with Gasteiger partial charge in [0.1, 0.15) is 6.23 Å². The van der Waals surface area contributed by atoms with Crippen LogP contribution in [0, 0.1) is 0 Å². The van der Waals surface area contributed by atoms with Crippen LogP contribution in [0.4, 0.5) is 0 Å². The van der Waals surface area contributed by atoms with E-state index in [0.29, 0.717) is 6.04 Å². The molecule has 0 aliphatic rings. The van der Waals surface area contributed by atoms with E-state index in [4.69, 9.17) is 0 Å². The zero-order valence-corrected chi connectivity index (χ0v) is 11.0. The van der Waals surface area contributed by atoms with Gasteiger partial charge in [-0.3, -0.25) is 4.90 Å². The van der Waals surface area contributed by atoms with Gasteiger partial charge in [0.05, 0.1) is 0 Å². The van der Waals surface area contributed by atoms with Crippen LogP contribution in [0.25, 0.3) is 0 Å². The lowest BCUT2D eigenvalue weighted by Crippen LogP contribution is -2.43. The van der Waals surface area contributed by atoms with E-state index in [2.05, 4.69) is 32.6 Å². The normalized spacial score (nSPS) is 13.8. The number of aliphatic hydroxyl groups excluding tert-OH is 1. The van der Waals surface area contributed by atoms with Crippen molar-refractivity contribution >= 4 is 0 Å². The van der Waals surface area contributed by atoms with Crippen molar-refractivity contribution in [2.75, 3.05) is 6.54 Å². The van der Waals surface area contributed by atoms with Crippen LogP contribution < -0.4 is 0 Å². The Morgan fingerprint density at radius 3 is 1.67 bits per heavy atom. The van der Waals surface area contributed by atoms with E-state index < -0.39 is 0 Å². The first kappa shape index (κ1) is 14.9. The molecule has 0 bridgehead atoms. The van der Waals surface area contributed by atoms with Crippen molar-refractivity contribution in [1.29, 1.82) is 0 Å². The smallest absolute Gasteiger partial charge is 0.107 e. The molecule has 0 aromatic heterocycles. The minimum Gasteiger partial charge on any atom is -0.378 e. The first-order valence-corrected chi connectivity index (χ1v) is 6.64. The molecule has 15 heavy (non-hydrogen) atoms. The summed E-state index contributed by atoms with van der Waals surface area (Å²) in [5, 5.41) is 10.1. The highest BCUT2D eigenvalue weighted by Crippen LogP contribution is 2.17. The second kappa shape index (κ2) is 9.17. The van der Waals surface area contributed by atoms with Crippen molar-refractivity contribution in [3.63, 3.8) is 0 Å². The van der Waals surface area contributed by atoms with Gasteiger partial charge in [-0.15, -0.1) is 0 Å². The van der Waals surface area contributed by atoms with E-state index in [1.165, 1.54) is 25.7 Å². The molecule has 2 nitrogen and oxygen atoms in total. The summed E-state index contributed by atoms with van der Waals surface area (Å²) in [6.45, 7) is 9.69. The Bertz CT molecular complexity index is 132. The molecule has 0 aliphatic heterocycles. The highest BCUT2D eigenvalue weighted by Gasteiger charge is 2.21. The van der Waals surface area contributed by atoms with Crippen molar-refractivity contribution in [2.45, 2.75) is 78.5 Å². The van der Waals surface area contributed by atoms with E-state index in [-0.39, 0.29) is 6.23 Å². The van der Waals surface area contributed by atoms with Gasteiger partial charge in [-0.25, -0.2) is 0 Å². The molecule has 0 spiro atoms. The summed E-state index contributed by atoms with van der Waals surface area (Å²) >= 11 is 0. The zero-order chi connectivity index (χ0) is 11.7. The quantitative estimate of drug-likeness (QED) is 0.596. The van der Waals surface area contributed by atoms with E-state index in [1.54, 1.807) is 0 Å². The largest absolute Gasteiger partial charge is 0.378 e. The van der Waals surface area contributed by atoms with Crippen molar-refractivity contribution in [1.82, 2.24) is 4.90 Å². The van der Waals surface area contributed by atoms with Crippen LogP contribution in [0.15, 0.2) is 0 Å². The molecule has 0 saturated heterocycles. The van der Waals surface area contributed by atoms with Gasteiger partial charge in [-0.2, -0.15) is 0 Å². The van der Waals surface area contributed by atoms with Gasteiger partial charge in [0, 0.05) is 6.04 Å². The number of rotatable bonds is 9. The first-order valence-electron chi connectivity index (χ1n) is 6.64. The third-order valence-electron chi connectivity index (χ3n) is 3.01. The lowest BCUT2D eigenvalue weighted by Gasteiger charge is -2.34. The summed E-state index contributed by atoms with van der Waals surface area (Å²) < 4.78 is 0. The van der Waals surface area contributed by atoms with Crippen LogP contribution >= 0.6 is 0 Å². The Labute approximate surface area is 95.7 Å². The monoisotopic (exact) mass is 215 g/mol. The number of nitrogens with zero attached hydrogens (tertiary/aromatic N) is 1. The Hall–Kier alpha value is -0.0800. The molecule has 0 aromatic carbocycles. The number of hydrogen-bond acceptors (Lipinski definition) is 2. The fraction of sp³-hybridized carbons (Fsp3) is 1.00. The van der Waals surface area contributed by atoms with E-state index >= 15 is 0 Å². The third-order valence-corrected chi connectivity index (χ3v) is 3.01. The van der Waals surface area contributed by atoms with Gasteiger partial charge in [-0.1, -0.05) is 47.0 Å². The average Bonchev–Trinajstić information content (AvgIpc) is 2.20. The van der Waals surface area contributed by atoms with Gasteiger partial charge in [0.2, 0.25) is 0 Å². The SMILES string of the molecule is CCCC(O)N(CC)C(CCC)CCC. The fourth-order valence-electron chi connectivity index (χ4n) is 2.28. The zero-order valence-electron chi connectivity index (χ0n) is 11.0. The molecule has 1 atom stereocenters. The molecule has 0 aliphatic carbocycles. The topological polar surface area (TPSA) is 23.5 Å². The van der Waals surface area contributed by atoms with Gasteiger partial charge in [-0.05, 0) is 25.8 Å². The lowest BCUT2D eigenvalue weighted by molar-refractivity contribution is -0.0319. The van der Waals surface area contributed by atoms with Gasteiger partial charge in [0.25, 0.3) is 0 Å². The molecule has 0 radical (unpaired) electrons. The molecular formula is C13H29NO. The molecule has 0 saturated carbocycles. The Morgan fingerprint density at radius 2 is 1.33 bits per heavy atom. The second-order valence-electron chi connectivity index (χ2n) is 4.33.